The molecular formula is C16H13N3O4. The third kappa shape index (κ3) is 4.28. The summed E-state index contributed by atoms with van der Waals surface area (Å²) >= 11 is 0. The van der Waals surface area contributed by atoms with E-state index < -0.39 is 18.6 Å². The molecule has 23 heavy (non-hydrogen) atoms. The zero-order valence-corrected chi connectivity index (χ0v) is 12.0. The van der Waals surface area contributed by atoms with Crippen LogP contribution in [0.2, 0.25) is 0 Å². The summed E-state index contributed by atoms with van der Waals surface area (Å²) in [7, 11) is 0. The van der Waals surface area contributed by atoms with Crippen LogP contribution in [0.4, 0.5) is 10.6 Å². The number of anilines is 1. The number of hydrogen-bond donors (Lipinski definition) is 1. The molecule has 0 aliphatic carbocycles. The van der Waals surface area contributed by atoms with Crippen LogP contribution in [-0.4, -0.2) is 28.7 Å². The summed E-state index contributed by atoms with van der Waals surface area (Å²) in [6.07, 6.45) is 0.488. The molecular weight excluding hydrogens is 298 g/mol. The smallest absolute Gasteiger partial charge is 0.416 e. The second kappa shape index (κ2) is 7.56. The standard InChI is InChI=1S/C16H13N3O4/c17-9-13-7-4-8-18-15(13)19(10-14(20)21)16(22)23-11-12-5-2-1-3-6-12/h1-8H,10-11H2,(H,20,21). The molecule has 0 bridgehead atoms. The number of ether oxygens (including phenoxy) is 1. The van der Waals surface area contributed by atoms with Gasteiger partial charge in [-0.05, 0) is 17.7 Å². The summed E-state index contributed by atoms with van der Waals surface area (Å²) in [6.45, 7) is -0.663. The van der Waals surface area contributed by atoms with Gasteiger partial charge in [0.05, 0.1) is 5.56 Å². The molecule has 1 aromatic heterocycles. The molecule has 7 heteroatoms. The maximum absolute atomic E-state index is 12.2. The maximum atomic E-state index is 12.2. The Morgan fingerprint density at radius 3 is 2.61 bits per heavy atom. The van der Waals surface area contributed by atoms with Gasteiger partial charge in [0.15, 0.2) is 5.82 Å². The highest BCUT2D eigenvalue weighted by molar-refractivity contribution is 5.93. The van der Waals surface area contributed by atoms with Crippen molar-refractivity contribution < 1.29 is 19.4 Å². The number of carbonyl (C=O) groups is 2. The molecule has 0 spiro atoms. The number of carbonyl (C=O) groups excluding carboxylic acids is 1. The Morgan fingerprint density at radius 2 is 1.96 bits per heavy atom. The predicted molar refractivity (Wildman–Crippen MR) is 80.6 cm³/mol. The molecule has 2 aromatic rings. The number of aromatic nitrogens is 1. The van der Waals surface area contributed by atoms with Crippen molar-refractivity contribution in [3.8, 4) is 6.07 Å². The highest BCUT2D eigenvalue weighted by atomic mass is 16.6. The second-order valence-corrected chi connectivity index (χ2v) is 4.51. The van der Waals surface area contributed by atoms with Gasteiger partial charge in [-0.15, -0.1) is 0 Å². The first-order valence-electron chi connectivity index (χ1n) is 6.67. The fourth-order valence-corrected chi connectivity index (χ4v) is 1.86. The van der Waals surface area contributed by atoms with E-state index in [9.17, 15) is 9.59 Å². The van der Waals surface area contributed by atoms with Crippen molar-refractivity contribution in [1.82, 2.24) is 4.98 Å². The maximum Gasteiger partial charge on any atom is 0.416 e. The summed E-state index contributed by atoms with van der Waals surface area (Å²) < 4.78 is 5.12. The third-order valence-corrected chi connectivity index (χ3v) is 2.88. The zero-order valence-electron chi connectivity index (χ0n) is 12.0. The summed E-state index contributed by atoms with van der Waals surface area (Å²) in [5, 5.41) is 18.1. The van der Waals surface area contributed by atoms with Crippen molar-refractivity contribution in [2.75, 3.05) is 11.4 Å². The van der Waals surface area contributed by atoms with Crippen molar-refractivity contribution in [3.63, 3.8) is 0 Å². The Bertz CT molecular complexity index is 740. The molecule has 0 radical (unpaired) electrons. The lowest BCUT2D eigenvalue weighted by Crippen LogP contribution is -2.37. The number of aliphatic carboxylic acids is 1. The fraction of sp³-hybridized carbons (Fsp3) is 0.125. The number of amides is 1. The number of nitriles is 1. The molecule has 1 aromatic carbocycles. The Balaban J connectivity index is 2.19. The van der Waals surface area contributed by atoms with Gasteiger partial charge in [-0.1, -0.05) is 30.3 Å². The number of carboxylic acid groups (broad SMARTS) is 1. The van der Waals surface area contributed by atoms with Crippen molar-refractivity contribution in [2.45, 2.75) is 6.61 Å². The minimum Gasteiger partial charge on any atom is -0.480 e. The average molecular weight is 311 g/mol. The van der Waals surface area contributed by atoms with E-state index in [1.165, 1.54) is 18.3 Å². The van der Waals surface area contributed by atoms with Crippen LogP contribution in [0.15, 0.2) is 48.7 Å². The summed E-state index contributed by atoms with van der Waals surface area (Å²) in [4.78, 5) is 28.0. The van der Waals surface area contributed by atoms with Crippen molar-refractivity contribution in [1.29, 1.82) is 5.26 Å². The molecule has 0 aliphatic heterocycles. The van der Waals surface area contributed by atoms with Crippen LogP contribution in [0, 0.1) is 11.3 Å². The number of rotatable bonds is 5. The number of pyridine rings is 1. The van der Waals surface area contributed by atoms with Gasteiger partial charge in [-0.25, -0.2) is 14.7 Å². The lowest BCUT2D eigenvalue weighted by Gasteiger charge is -2.20. The highest BCUT2D eigenvalue weighted by Gasteiger charge is 2.24. The average Bonchev–Trinajstić information content (AvgIpc) is 2.58. The largest absolute Gasteiger partial charge is 0.480 e. The summed E-state index contributed by atoms with van der Waals surface area (Å²) in [5.41, 5.74) is 0.850. The van der Waals surface area contributed by atoms with Crippen molar-refractivity contribution in [3.05, 3.63) is 59.8 Å². The van der Waals surface area contributed by atoms with E-state index in [2.05, 4.69) is 4.98 Å². The second-order valence-electron chi connectivity index (χ2n) is 4.51. The van der Waals surface area contributed by atoms with E-state index >= 15 is 0 Å². The first-order chi connectivity index (χ1) is 11.1. The van der Waals surface area contributed by atoms with E-state index in [1.807, 2.05) is 12.1 Å². The zero-order chi connectivity index (χ0) is 16.7. The molecule has 1 heterocycles. The van der Waals surface area contributed by atoms with Gasteiger partial charge in [0.1, 0.15) is 19.2 Å². The van der Waals surface area contributed by atoms with Crippen molar-refractivity contribution >= 4 is 17.9 Å². The van der Waals surface area contributed by atoms with Gasteiger partial charge in [-0.2, -0.15) is 5.26 Å². The molecule has 0 fully saturated rings. The predicted octanol–water partition coefficient (Wildman–Crippen LogP) is 2.18. The van der Waals surface area contributed by atoms with Crippen LogP contribution in [-0.2, 0) is 16.1 Å². The lowest BCUT2D eigenvalue weighted by molar-refractivity contribution is -0.135. The van der Waals surface area contributed by atoms with Gasteiger partial charge in [0, 0.05) is 6.20 Å². The topological polar surface area (TPSA) is 104 Å². The summed E-state index contributed by atoms with van der Waals surface area (Å²) in [6, 6.07) is 13.8. The summed E-state index contributed by atoms with van der Waals surface area (Å²) in [5.74, 6) is -1.29. The monoisotopic (exact) mass is 311 g/mol. The minimum atomic E-state index is -1.24. The SMILES string of the molecule is N#Cc1cccnc1N(CC(=O)O)C(=O)OCc1ccccc1. The first-order valence-corrected chi connectivity index (χ1v) is 6.67. The highest BCUT2D eigenvalue weighted by Crippen LogP contribution is 2.17. The fourth-order valence-electron chi connectivity index (χ4n) is 1.86. The first kappa shape index (κ1) is 16.0. The molecule has 0 saturated carbocycles. The van der Waals surface area contributed by atoms with Crippen LogP contribution in [0.3, 0.4) is 0 Å². The van der Waals surface area contributed by atoms with Crippen LogP contribution >= 0.6 is 0 Å². The van der Waals surface area contributed by atoms with Crippen LogP contribution in [0.25, 0.3) is 0 Å². The number of carboxylic acids is 1. The molecule has 116 valence electrons. The van der Waals surface area contributed by atoms with E-state index in [1.54, 1.807) is 24.3 Å². The third-order valence-electron chi connectivity index (χ3n) is 2.88. The Hall–Kier alpha value is -3.40. The van der Waals surface area contributed by atoms with Gasteiger partial charge in [-0.3, -0.25) is 4.79 Å². The molecule has 2 rings (SSSR count). The molecule has 7 nitrogen and oxygen atoms in total. The molecule has 0 unspecified atom stereocenters. The number of nitrogens with zero attached hydrogens (tertiary/aromatic N) is 3. The molecule has 1 amide bonds. The molecule has 1 N–H and O–H groups in total. The molecule has 0 aliphatic rings. The lowest BCUT2D eigenvalue weighted by atomic mass is 10.2. The Labute approximate surface area is 132 Å². The van der Waals surface area contributed by atoms with Crippen molar-refractivity contribution in [2.24, 2.45) is 0 Å². The van der Waals surface area contributed by atoms with Crippen LogP contribution in [0.1, 0.15) is 11.1 Å². The van der Waals surface area contributed by atoms with Gasteiger partial charge < -0.3 is 9.84 Å². The van der Waals surface area contributed by atoms with E-state index in [0.29, 0.717) is 0 Å². The molecule has 0 atom stereocenters. The van der Waals surface area contributed by atoms with Gasteiger partial charge in [0.25, 0.3) is 0 Å². The van der Waals surface area contributed by atoms with Crippen LogP contribution < -0.4 is 4.90 Å². The number of hydrogen-bond acceptors (Lipinski definition) is 5. The van der Waals surface area contributed by atoms with Gasteiger partial charge in [0.2, 0.25) is 0 Å². The van der Waals surface area contributed by atoms with Gasteiger partial charge >= 0.3 is 12.1 Å². The Morgan fingerprint density at radius 1 is 1.22 bits per heavy atom. The minimum absolute atomic E-state index is 0.00941. The van der Waals surface area contributed by atoms with E-state index in [-0.39, 0.29) is 18.0 Å². The van der Waals surface area contributed by atoms with E-state index in [0.717, 1.165) is 10.5 Å². The Kier molecular flexibility index (Phi) is 5.25. The number of benzene rings is 1. The van der Waals surface area contributed by atoms with E-state index in [4.69, 9.17) is 15.1 Å². The normalized spacial score (nSPS) is 9.70. The quantitative estimate of drug-likeness (QED) is 0.907. The molecule has 0 saturated heterocycles. The van der Waals surface area contributed by atoms with Crippen LogP contribution in [0.5, 0.6) is 0 Å².